The summed E-state index contributed by atoms with van der Waals surface area (Å²) in [6, 6.07) is 20.8. The summed E-state index contributed by atoms with van der Waals surface area (Å²) in [5.41, 5.74) is 4.88. The average Bonchev–Trinajstić information content (AvgIpc) is 3.42. The molecule has 1 aliphatic heterocycles. The number of fused-ring (bicyclic) bond motifs is 1. The maximum Gasteiger partial charge on any atom is 0.185 e. The van der Waals surface area contributed by atoms with E-state index in [4.69, 9.17) is 21.1 Å². The minimum atomic E-state index is 0.671. The van der Waals surface area contributed by atoms with Crippen LogP contribution in [0.3, 0.4) is 0 Å². The van der Waals surface area contributed by atoms with Crippen molar-refractivity contribution in [2.24, 2.45) is 0 Å². The molecule has 0 N–H and O–H groups in total. The molecule has 0 aliphatic carbocycles. The zero-order valence-electron chi connectivity index (χ0n) is 17.0. The summed E-state index contributed by atoms with van der Waals surface area (Å²) in [5.74, 6) is 0.671. The molecule has 0 amide bonds. The number of hydrogen-bond acceptors (Lipinski definition) is 4. The third-order valence-electron chi connectivity index (χ3n) is 6.07. The highest BCUT2D eigenvalue weighted by Crippen LogP contribution is 2.28. The van der Waals surface area contributed by atoms with Gasteiger partial charge in [-0.05, 0) is 56.5 Å². The minimum absolute atomic E-state index is 0.671. The van der Waals surface area contributed by atoms with Gasteiger partial charge in [-0.3, -0.25) is 0 Å². The summed E-state index contributed by atoms with van der Waals surface area (Å²) in [5, 5.41) is 6.09. The third kappa shape index (κ3) is 3.85. The average molecular weight is 418 g/mol. The Bertz CT molecular complexity index is 1170. The molecule has 1 saturated heterocycles. The Balaban J connectivity index is 1.43. The first kappa shape index (κ1) is 19.3. The number of para-hydroxylation sites is 1. The van der Waals surface area contributed by atoms with Gasteiger partial charge in [-0.25, -0.2) is 4.98 Å². The van der Waals surface area contributed by atoms with Crippen LogP contribution in [0.1, 0.15) is 25.3 Å². The predicted octanol–water partition coefficient (Wildman–Crippen LogP) is 6.24. The van der Waals surface area contributed by atoms with Crippen LogP contribution in [0, 0.1) is 0 Å². The summed E-state index contributed by atoms with van der Waals surface area (Å²) >= 11 is 5.99. The van der Waals surface area contributed by atoms with Crippen molar-refractivity contribution < 1.29 is 4.52 Å². The molecule has 0 unspecified atom stereocenters. The Labute approximate surface area is 181 Å². The maximum atomic E-state index is 5.99. The van der Waals surface area contributed by atoms with Crippen molar-refractivity contribution in [2.75, 3.05) is 13.1 Å². The maximum absolute atomic E-state index is 5.99. The zero-order chi connectivity index (χ0) is 20.5. The zero-order valence-corrected chi connectivity index (χ0v) is 17.8. The Morgan fingerprint density at radius 1 is 1.07 bits per heavy atom. The van der Waals surface area contributed by atoms with Crippen molar-refractivity contribution in [3.8, 4) is 22.7 Å². The Morgan fingerprint density at radius 2 is 1.93 bits per heavy atom. The molecular weight excluding hydrogens is 394 g/mol. The van der Waals surface area contributed by atoms with Crippen molar-refractivity contribution in [1.29, 1.82) is 0 Å². The van der Waals surface area contributed by atoms with Crippen molar-refractivity contribution >= 4 is 22.5 Å². The van der Waals surface area contributed by atoms with Crippen molar-refractivity contribution in [3.63, 3.8) is 0 Å². The van der Waals surface area contributed by atoms with Gasteiger partial charge in [0, 0.05) is 34.6 Å². The van der Waals surface area contributed by atoms with Gasteiger partial charge >= 0.3 is 0 Å². The summed E-state index contributed by atoms with van der Waals surface area (Å²) in [6.45, 7) is 4.61. The van der Waals surface area contributed by atoms with Crippen LogP contribution in [-0.2, 0) is 6.42 Å². The molecule has 3 heterocycles. The highest BCUT2D eigenvalue weighted by atomic mass is 35.5. The van der Waals surface area contributed by atoms with E-state index in [0.29, 0.717) is 16.8 Å². The molecule has 1 fully saturated rings. The second-order valence-electron chi connectivity index (χ2n) is 8.05. The fourth-order valence-electron chi connectivity index (χ4n) is 4.29. The minimum Gasteiger partial charge on any atom is -0.354 e. The van der Waals surface area contributed by atoms with E-state index >= 15 is 0 Å². The van der Waals surface area contributed by atoms with Crippen molar-refractivity contribution in [1.82, 2.24) is 15.0 Å². The van der Waals surface area contributed by atoms with Crippen LogP contribution in [0.25, 0.3) is 33.6 Å². The highest BCUT2D eigenvalue weighted by molar-refractivity contribution is 6.30. The number of hydrogen-bond donors (Lipinski definition) is 0. The molecule has 2 aromatic carbocycles. The molecule has 2 aromatic heterocycles. The van der Waals surface area contributed by atoms with E-state index in [2.05, 4.69) is 41.2 Å². The fourth-order valence-corrected chi connectivity index (χ4v) is 4.42. The van der Waals surface area contributed by atoms with E-state index in [-0.39, 0.29) is 0 Å². The van der Waals surface area contributed by atoms with E-state index in [1.807, 2.05) is 36.4 Å². The van der Waals surface area contributed by atoms with E-state index in [9.17, 15) is 0 Å². The Hall–Kier alpha value is -2.69. The summed E-state index contributed by atoms with van der Waals surface area (Å²) in [7, 11) is 0. The van der Waals surface area contributed by atoms with Crippen LogP contribution in [0.4, 0.5) is 0 Å². The first-order valence-electron chi connectivity index (χ1n) is 10.5. The van der Waals surface area contributed by atoms with Crippen LogP contribution < -0.4 is 0 Å². The van der Waals surface area contributed by atoms with Gasteiger partial charge in [0.25, 0.3) is 0 Å². The largest absolute Gasteiger partial charge is 0.354 e. The van der Waals surface area contributed by atoms with Crippen LogP contribution in [0.15, 0.2) is 65.2 Å². The second-order valence-corrected chi connectivity index (χ2v) is 8.48. The van der Waals surface area contributed by atoms with Gasteiger partial charge in [0.05, 0.1) is 5.52 Å². The quantitative estimate of drug-likeness (QED) is 0.385. The Kier molecular flexibility index (Phi) is 5.28. The van der Waals surface area contributed by atoms with Gasteiger partial charge in [0.1, 0.15) is 11.4 Å². The van der Waals surface area contributed by atoms with Gasteiger partial charge in [0.15, 0.2) is 5.76 Å². The van der Waals surface area contributed by atoms with Crippen LogP contribution in [0.2, 0.25) is 5.02 Å². The van der Waals surface area contributed by atoms with E-state index in [0.717, 1.165) is 40.8 Å². The first-order valence-corrected chi connectivity index (χ1v) is 10.9. The molecule has 0 radical (unpaired) electrons. The molecule has 1 aliphatic rings. The molecule has 5 heteroatoms. The molecule has 4 aromatic rings. The normalized spacial score (nSPS) is 17.1. The number of halogens is 1. The molecule has 152 valence electrons. The Morgan fingerprint density at radius 3 is 2.73 bits per heavy atom. The van der Waals surface area contributed by atoms with Gasteiger partial charge in [-0.1, -0.05) is 53.2 Å². The SMILES string of the molecule is C[C@@H]1CCCN1CCc1cccc2ccc(-c3cc(-c4ccc(Cl)cc4)no3)nc12. The lowest BCUT2D eigenvalue weighted by atomic mass is 10.1. The number of rotatable bonds is 5. The van der Waals surface area contributed by atoms with Crippen molar-refractivity contribution in [2.45, 2.75) is 32.2 Å². The summed E-state index contributed by atoms with van der Waals surface area (Å²) < 4.78 is 5.63. The van der Waals surface area contributed by atoms with Gasteiger partial charge in [-0.2, -0.15) is 0 Å². The highest BCUT2D eigenvalue weighted by Gasteiger charge is 2.20. The molecule has 0 spiro atoms. The number of likely N-dealkylation sites (tertiary alicyclic amines) is 1. The van der Waals surface area contributed by atoms with Crippen LogP contribution in [-0.4, -0.2) is 34.2 Å². The third-order valence-corrected chi connectivity index (χ3v) is 6.32. The lowest BCUT2D eigenvalue weighted by Crippen LogP contribution is -2.29. The lowest BCUT2D eigenvalue weighted by molar-refractivity contribution is 0.272. The number of nitrogens with zero attached hydrogens (tertiary/aromatic N) is 3. The fraction of sp³-hybridized carbons (Fsp3) is 0.280. The molecule has 1 atom stereocenters. The second kappa shape index (κ2) is 8.21. The number of benzene rings is 2. The van der Waals surface area contributed by atoms with Crippen molar-refractivity contribution in [3.05, 3.63) is 71.2 Å². The number of aromatic nitrogens is 2. The van der Waals surface area contributed by atoms with Gasteiger partial charge < -0.3 is 9.42 Å². The van der Waals surface area contributed by atoms with E-state index in [1.54, 1.807) is 0 Å². The molecule has 30 heavy (non-hydrogen) atoms. The molecule has 5 rings (SSSR count). The molecule has 0 saturated carbocycles. The van der Waals surface area contributed by atoms with Crippen LogP contribution in [0.5, 0.6) is 0 Å². The number of pyridine rings is 1. The smallest absolute Gasteiger partial charge is 0.185 e. The van der Waals surface area contributed by atoms with Crippen LogP contribution >= 0.6 is 11.6 Å². The molecule has 0 bridgehead atoms. The molecule has 4 nitrogen and oxygen atoms in total. The monoisotopic (exact) mass is 417 g/mol. The van der Waals surface area contributed by atoms with Gasteiger partial charge in [0.2, 0.25) is 0 Å². The van der Waals surface area contributed by atoms with E-state index in [1.165, 1.54) is 24.9 Å². The summed E-state index contributed by atoms with van der Waals surface area (Å²) in [4.78, 5) is 7.54. The summed E-state index contributed by atoms with van der Waals surface area (Å²) in [6.07, 6.45) is 3.62. The molecular formula is C25H24ClN3O. The predicted molar refractivity (Wildman–Crippen MR) is 122 cm³/mol. The van der Waals surface area contributed by atoms with Gasteiger partial charge in [-0.15, -0.1) is 0 Å². The lowest BCUT2D eigenvalue weighted by Gasteiger charge is -2.21. The standard InChI is InChI=1S/C25H24ClN3O/c1-17-4-3-14-29(17)15-13-20-6-2-5-19-9-12-22(27-25(19)20)24-16-23(28-30-24)18-7-10-21(26)11-8-18/h2,5-12,16-17H,3-4,13-15H2,1H3/t17-/m1/s1. The topological polar surface area (TPSA) is 42.2 Å². The first-order chi connectivity index (χ1) is 14.7. The van der Waals surface area contributed by atoms with E-state index < -0.39 is 0 Å².